The van der Waals surface area contributed by atoms with E-state index in [-0.39, 0.29) is 17.1 Å². The van der Waals surface area contributed by atoms with E-state index in [0.29, 0.717) is 5.69 Å². The molecular formula is C18H16F6N2O3. The highest BCUT2D eigenvalue weighted by Gasteiger charge is 2.29. The van der Waals surface area contributed by atoms with Crippen molar-refractivity contribution in [3.05, 3.63) is 53.9 Å². The van der Waals surface area contributed by atoms with Crippen LogP contribution < -0.4 is 14.8 Å². The van der Waals surface area contributed by atoms with Crippen LogP contribution in [0.4, 0.5) is 26.3 Å². The fourth-order valence-corrected chi connectivity index (χ4v) is 2.12. The van der Waals surface area contributed by atoms with Gasteiger partial charge in [0.25, 0.3) is 5.91 Å². The molecule has 0 saturated carbocycles. The van der Waals surface area contributed by atoms with E-state index in [0.717, 1.165) is 6.20 Å². The summed E-state index contributed by atoms with van der Waals surface area (Å²) in [7, 11) is 0. The summed E-state index contributed by atoms with van der Waals surface area (Å²) in [5.74, 6) is -0.624. The van der Waals surface area contributed by atoms with Crippen LogP contribution in [0, 0.1) is 0 Å². The number of halogens is 6. The number of ether oxygens (including phenoxy) is 2. The first-order valence-corrected chi connectivity index (χ1v) is 8.19. The predicted molar refractivity (Wildman–Crippen MR) is 89.7 cm³/mol. The van der Waals surface area contributed by atoms with Crippen LogP contribution in [-0.4, -0.2) is 36.5 Å². The van der Waals surface area contributed by atoms with E-state index in [4.69, 9.17) is 0 Å². The van der Waals surface area contributed by atoms with Gasteiger partial charge in [-0.25, -0.2) is 0 Å². The van der Waals surface area contributed by atoms with Crippen molar-refractivity contribution in [2.24, 2.45) is 0 Å². The summed E-state index contributed by atoms with van der Waals surface area (Å²) in [6.07, 6.45) is -7.82. The predicted octanol–water partition coefficient (Wildman–Crippen LogP) is 4.45. The van der Waals surface area contributed by atoms with E-state index in [1.807, 2.05) is 0 Å². The lowest BCUT2D eigenvalue weighted by Crippen LogP contribution is -2.27. The van der Waals surface area contributed by atoms with Gasteiger partial charge in [-0.15, -0.1) is 0 Å². The minimum atomic E-state index is -4.47. The molecule has 0 fully saturated rings. The van der Waals surface area contributed by atoms with Gasteiger partial charge in [0.05, 0.1) is 17.9 Å². The SMILES string of the molecule is CC(NC(=O)c1ccc(OCC(F)(F)F)cc1)c1ccc(OCC(F)(F)F)cn1. The second kappa shape index (κ2) is 9.01. The van der Waals surface area contributed by atoms with Gasteiger partial charge < -0.3 is 14.8 Å². The van der Waals surface area contributed by atoms with E-state index < -0.39 is 37.5 Å². The second-order valence-electron chi connectivity index (χ2n) is 5.95. The van der Waals surface area contributed by atoms with Crippen molar-refractivity contribution < 1.29 is 40.6 Å². The first kappa shape index (κ1) is 22.3. The number of benzene rings is 1. The molecule has 0 spiro atoms. The molecule has 0 aliphatic rings. The lowest BCUT2D eigenvalue weighted by molar-refractivity contribution is -0.154. The Labute approximate surface area is 161 Å². The summed E-state index contributed by atoms with van der Waals surface area (Å²) < 4.78 is 81.8. The van der Waals surface area contributed by atoms with Crippen molar-refractivity contribution in [3.63, 3.8) is 0 Å². The van der Waals surface area contributed by atoms with E-state index in [2.05, 4.69) is 19.8 Å². The Morgan fingerprint density at radius 3 is 1.93 bits per heavy atom. The monoisotopic (exact) mass is 422 g/mol. The molecule has 0 aliphatic carbocycles. The summed E-state index contributed by atoms with van der Waals surface area (Å²) >= 11 is 0. The van der Waals surface area contributed by atoms with Crippen molar-refractivity contribution in [2.75, 3.05) is 13.2 Å². The molecule has 0 saturated heterocycles. The van der Waals surface area contributed by atoms with Gasteiger partial charge in [0, 0.05) is 5.56 Å². The number of aromatic nitrogens is 1. The van der Waals surface area contributed by atoms with Crippen molar-refractivity contribution in [1.29, 1.82) is 0 Å². The number of nitrogens with zero attached hydrogens (tertiary/aromatic N) is 1. The fourth-order valence-electron chi connectivity index (χ4n) is 2.12. The average Bonchev–Trinajstić information content (AvgIpc) is 2.64. The highest BCUT2D eigenvalue weighted by atomic mass is 19.4. The summed E-state index contributed by atoms with van der Waals surface area (Å²) in [5, 5.41) is 2.62. The number of amides is 1. The summed E-state index contributed by atoms with van der Waals surface area (Å²) in [6.45, 7) is -1.27. The highest BCUT2D eigenvalue weighted by Crippen LogP contribution is 2.21. The first-order chi connectivity index (χ1) is 13.4. The van der Waals surface area contributed by atoms with Crippen LogP contribution in [0.5, 0.6) is 11.5 Å². The van der Waals surface area contributed by atoms with Gasteiger partial charge in [-0.05, 0) is 43.3 Å². The van der Waals surface area contributed by atoms with Crippen molar-refractivity contribution in [3.8, 4) is 11.5 Å². The number of pyridine rings is 1. The first-order valence-electron chi connectivity index (χ1n) is 8.19. The topological polar surface area (TPSA) is 60.5 Å². The normalized spacial score (nSPS) is 12.9. The molecule has 0 radical (unpaired) electrons. The maximum absolute atomic E-state index is 12.2. The van der Waals surface area contributed by atoms with Crippen LogP contribution in [0.2, 0.25) is 0 Å². The Hall–Kier alpha value is -2.98. The third kappa shape index (κ3) is 7.88. The van der Waals surface area contributed by atoms with E-state index in [1.54, 1.807) is 6.92 Å². The Balaban J connectivity index is 1.91. The highest BCUT2D eigenvalue weighted by molar-refractivity contribution is 5.94. The summed E-state index contributed by atoms with van der Waals surface area (Å²) in [4.78, 5) is 16.2. The lowest BCUT2D eigenvalue weighted by atomic mass is 10.1. The molecule has 1 heterocycles. The van der Waals surface area contributed by atoms with E-state index in [9.17, 15) is 31.1 Å². The van der Waals surface area contributed by atoms with Crippen LogP contribution in [0.25, 0.3) is 0 Å². The molecule has 1 unspecified atom stereocenters. The van der Waals surface area contributed by atoms with Crippen molar-refractivity contribution in [2.45, 2.75) is 25.3 Å². The number of carbonyl (C=O) groups excluding carboxylic acids is 1. The fraction of sp³-hybridized carbons (Fsp3) is 0.333. The molecule has 29 heavy (non-hydrogen) atoms. The largest absolute Gasteiger partial charge is 0.484 e. The Morgan fingerprint density at radius 1 is 0.931 bits per heavy atom. The van der Waals surface area contributed by atoms with Gasteiger partial charge in [0.1, 0.15) is 11.5 Å². The zero-order valence-corrected chi connectivity index (χ0v) is 15.0. The van der Waals surface area contributed by atoms with Gasteiger partial charge in [0.15, 0.2) is 13.2 Å². The lowest BCUT2D eigenvalue weighted by Gasteiger charge is -2.15. The molecule has 1 amide bonds. The maximum Gasteiger partial charge on any atom is 0.422 e. The third-order valence-corrected chi connectivity index (χ3v) is 3.47. The zero-order chi connectivity index (χ0) is 21.7. The van der Waals surface area contributed by atoms with Crippen LogP contribution in [0.1, 0.15) is 29.0 Å². The van der Waals surface area contributed by atoms with Gasteiger partial charge in [-0.2, -0.15) is 26.3 Å². The zero-order valence-electron chi connectivity index (χ0n) is 15.0. The van der Waals surface area contributed by atoms with E-state index in [1.165, 1.54) is 36.4 Å². The maximum atomic E-state index is 12.2. The smallest absolute Gasteiger partial charge is 0.422 e. The third-order valence-electron chi connectivity index (χ3n) is 3.47. The van der Waals surface area contributed by atoms with E-state index >= 15 is 0 Å². The second-order valence-corrected chi connectivity index (χ2v) is 5.95. The van der Waals surface area contributed by atoms with Crippen LogP contribution in [-0.2, 0) is 0 Å². The molecule has 158 valence electrons. The van der Waals surface area contributed by atoms with Crippen LogP contribution >= 0.6 is 0 Å². The van der Waals surface area contributed by atoms with Gasteiger partial charge >= 0.3 is 12.4 Å². The number of hydrogen-bond acceptors (Lipinski definition) is 4. The number of nitrogens with one attached hydrogen (secondary N) is 1. The van der Waals surface area contributed by atoms with Gasteiger partial charge in [0.2, 0.25) is 0 Å². The molecular weight excluding hydrogens is 406 g/mol. The molecule has 2 aromatic rings. The van der Waals surface area contributed by atoms with Gasteiger partial charge in [-0.1, -0.05) is 0 Å². The molecule has 2 rings (SSSR count). The molecule has 11 heteroatoms. The molecule has 0 aliphatic heterocycles. The van der Waals surface area contributed by atoms with Gasteiger partial charge in [-0.3, -0.25) is 9.78 Å². The summed E-state index contributed by atoms with van der Waals surface area (Å²) in [5.41, 5.74) is 0.559. The molecule has 0 bridgehead atoms. The number of rotatable bonds is 7. The Bertz CT molecular complexity index is 804. The minimum absolute atomic E-state index is 0.0389. The average molecular weight is 422 g/mol. The quantitative estimate of drug-likeness (QED) is 0.670. The van der Waals surface area contributed by atoms with Crippen molar-refractivity contribution >= 4 is 5.91 Å². The van der Waals surface area contributed by atoms with Crippen LogP contribution in [0.15, 0.2) is 42.6 Å². The number of carbonyl (C=O) groups is 1. The molecule has 1 aromatic carbocycles. The number of alkyl halides is 6. The molecule has 5 nitrogen and oxygen atoms in total. The molecule has 1 atom stereocenters. The van der Waals surface area contributed by atoms with Crippen LogP contribution in [0.3, 0.4) is 0 Å². The molecule has 1 N–H and O–H groups in total. The number of hydrogen-bond donors (Lipinski definition) is 1. The molecule has 1 aromatic heterocycles. The Kier molecular flexibility index (Phi) is 6.93. The minimum Gasteiger partial charge on any atom is -0.484 e. The summed E-state index contributed by atoms with van der Waals surface area (Å²) in [6, 6.07) is 7.19. The standard InChI is InChI=1S/C18H16F6N2O3/c1-11(15-7-6-14(8-25-15)29-10-18(22,23)24)26-16(27)12-2-4-13(5-3-12)28-9-17(19,20)21/h2-8,11H,9-10H2,1H3,(H,26,27). The van der Waals surface area contributed by atoms with Crippen molar-refractivity contribution in [1.82, 2.24) is 10.3 Å². The Morgan fingerprint density at radius 2 is 1.45 bits per heavy atom.